The maximum atomic E-state index is 12.2. The molecule has 1 aliphatic heterocycles. The molecule has 0 aliphatic carbocycles. The lowest BCUT2D eigenvalue weighted by atomic mass is 10.1. The van der Waals surface area contributed by atoms with Crippen molar-refractivity contribution in [1.29, 1.82) is 0 Å². The summed E-state index contributed by atoms with van der Waals surface area (Å²) in [7, 11) is 0. The first-order valence-corrected chi connectivity index (χ1v) is 8.26. The van der Waals surface area contributed by atoms with E-state index in [0.717, 1.165) is 16.9 Å². The van der Waals surface area contributed by atoms with E-state index >= 15 is 0 Å². The summed E-state index contributed by atoms with van der Waals surface area (Å²) >= 11 is 0. The normalized spacial score (nSPS) is 12.7. The largest absolute Gasteiger partial charge is 0.486 e. The third-order valence-electron chi connectivity index (χ3n) is 3.93. The van der Waals surface area contributed by atoms with Crippen LogP contribution in [0, 0.1) is 6.92 Å². The average molecular weight is 351 g/mol. The zero-order valence-corrected chi connectivity index (χ0v) is 14.2. The molecule has 0 spiro atoms. The van der Waals surface area contributed by atoms with E-state index in [0.29, 0.717) is 36.8 Å². The molecule has 0 fully saturated rings. The Hall–Kier alpha value is -3.35. The molecule has 0 unspecified atom stereocenters. The highest BCUT2D eigenvalue weighted by molar-refractivity contribution is 6.03. The van der Waals surface area contributed by atoms with Gasteiger partial charge in [0.15, 0.2) is 11.5 Å². The van der Waals surface area contributed by atoms with Crippen molar-refractivity contribution >= 4 is 11.9 Å². The van der Waals surface area contributed by atoms with E-state index < -0.39 is 0 Å². The van der Waals surface area contributed by atoms with Gasteiger partial charge in [-0.25, -0.2) is 0 Å². The lowest BCUT2D eigenvalue weighted by molar-refractivity contribution is 0.102. The number of aromatic nitrogens is 2. The van der Waals surface area contributed by atoms with Crippen LogP contribution in [-0.4, -0.2) is 29.3 Å². The van der Waals surface area contributed by atoms with Gasteiger partial charge in [0.1, 0.15) is 13.2 Å². The fraction of sp³-hybridized carbons (Fsp3) is 0.211. The van der Waals surface area contributed by atoms with Gasteiger partial charge in [-0.2, -0.15) is 0 Å². The summed E-state index contributed by atoms with van der Waals surface area (Å²) in [5, 5.41) is 10.5. The van der Waals surface area contributed by atoms with E-state index in [1.807, 2.05) is 37.3 Å². The lowest BCUT2D eigenvalue weighted by Gasteiger charge is -2.18. The molecule has 1 N–H and O–H groups in total. The Morgan fingerprint density at radius 1 is 1.08 bits per heavy atom. The van der Waals surface area contributed by atoms with E-state index in [2.05, 4.69) is 15.5 Å². The summed E-state index contributed by atoms with van der Waals surface area (Å²) in [5.74, 6) is 1.56. The van der Waals surface area contributed by atoms with Crippen molar-refractivity contribution in [2.24, 2.45) is 0 Å². The molecule has 1 aromatic heterocycles. The second kappa shape index (κ2) is 6.87. The van der Waals surface area contributed by atoms with E-state index in [-0.39, 0.29) is 11.9 Å². The number of aryl methyl sites for hydroxylation is 1. The summed E-state index contributed by atoms with van der Waals surface area (Å²) in [6.07, 6.45) is 0.434. The number of carbonyl (C=O) groups excluding carboxylic acids is 1. The molecule has 0 saturated heterocycles. The number of anilines is 1. The second-order valence-corrected chi connectivity index (χ2v) is 5.98. The number of carbonyl (C=O) groups is 1. The van der Waals surface area contributed by atoms with Crippen molar-refractivity contribution in [3.8, 4) is 11.5 Å². The topological polar surface area (TPSA) is 86.5 Å². The van der Waals surface area contributed by atoms with Gasteiger partial charge >= 0.3 is 6.01 Å². The quantitative estimate of drug-likeness (QED) is 0.778. The SMILES string of the molecule is Cc1cccc(C(=O)Nc2nnc(Cc3ccc4c(c3)OCCO4)o2)c1. The number of hydrogen-bond donors (Lipinski definition) is 1. The Bertz CT molecular complexity index is 951. The van der Waals surface area contributed by atoms with Gasteiger partial charge in [-0.1, -0.05) is 28.9 Å². The second-order valence-electron chi connectivity index (χ2n) is 5.98. The molecule has 7 nitrogen and oxygen atoms in total. The van der Waals surface area contributed by atoms with Crippen LogP contribution in [0.15, 0.2) is 46.9 Å². The highest BCUT2D eigenvalue weighted by Crippen LogP contribution is 2.31. The Labute approximate surface area is 150 Å². The number of ether oxygens (including phenoxy) is 2. The third kappa shape index (κ3) is 3.51. The fourth-order valence-electron chi connectivity index (χ4n) is 2.70. The maximum Gasteiger partial charge on any atom is 0.322 e. The highest BCUT2D eigenvalue weighted by Gasteiger charge is 2.15. The van der Waals surface area contributed by atoms with Gasteiger partial charge in [0.25, 0.3) is 5.91 Å². The number of fused-ring (bicyclic) bond motifs is 1. The predicted molar refractivity (Wildman–Crippen MR) is 93.7 cm³/mol. The van der Waals surface area contributed by atoms with Gasteiger partial charge in [0, 0.05) is 5.56 Å². The van der Waals surface area contributed by atoms with E-state index in [1.165, 1.54) is 0 Å². The number of hydrogen-bond acceptors (Lipinski definition) is 6. The standard InChI is InChI=1S/C19H17N3O4/c1-12-3-2-4-14(9-12)18(23)20-19-22-21-17(26-19)11-13-5-6-15-16(10-13)25-8-7-24-15/h2-6,9-10H,7-8,11H2,1H3,(H,20,22,23). The van der Waals surface area contributed by atoms with E-state index in [4.69, 9.17) is 13.9 Å². The Morgan fingerprint density at radius 3 is 2.77 bits per heavy atom. The van der Waals surface area contributed by atoms with Crippen LogP contribution in [0.4, 0.5) is 6.01 Å². The first-order valence-electron chi connectivity index (χ1n) is 8.26. The van der Waals surface area contributed by atoms with Crippen LogP contribution in [-0.2, 0) is 6.42 Å². The monoisotopic (exact) mass is 351 g/mol. The Kier molecular flexibility index (Phi) is 4.27. The molecule has 0 atom stereocenters. The summed E-state index contributed by atoms with van der Waals surface area (Å²) in [6, 6.07) is 13.0. The van der Waals surface area contributed by atoms with Gasteiger partial charge in [-0.05, 0) is 36.8 Å². The molecule has 4 rings (SSSR count). The maximum absolute atomic E-state index is 12.2. The number of amides is 1. The predicted octanol–water partition coefficient (Wildman–Crippen LogP) is 2.99. The van der Waals surface area contributed by atoms with Gasteiger partial charge in [0.05, 0.1) is 6.42 Å². The molecule has 2 aromatic carbocycles. The molecule has 0 saturated carbocycles. The van der Waals surface area contributed by atoms with Crippen LogP contribution in [0.5, 0.6) is 11.5 Å². The molecule has 26 heavy (non-hydrogen) atoms. The van der Waals surface area contributed by atoms with Crippen LogP contribution in [0.1, 0.15) is 27.4 Å². The molecule has 1 aliphatic rings. The minimum Gasteiger partial charge on any atom is -0.486 e. The summed E-state index contributed by atoms with van der Waals surface area (Å²) in [4.78, 5) is 12.2. The Balaban J connectivity index is 1.44. The number of nitrogens with one attached hydrogen (secondary N) is 1. The zero-order chi connectivity index (χ0) is 17.9. The first kappa shape index (κ1) is 16.1. The minimum absolute atomic E-state index is 0.0732. The summed E-state index contributed by atoms with van der Waals surface area (Å²) in [5.41, 5.74) is 2.49. The van der Waals surface area contributed by atoms with E-state index in [1.54, 1.807) is 12.1 Å². The van der Waals surface area contributed by atoms with Crippen molar-refractivity contribution < 1.29 is 18.7 Å². The van der Waals surface area contributed by atoms with Crippen molar-refractivity contribution in [3.05, 3.63) is 65.0 Å². The summed E-state index contributed by atoms with van der Waals surface area (Å²) in [6.45, 7) is 3.01. The van der Waals surface area contributed by atoms with Gasteiger partial charge in [-0.3, -0.25) is 10.1 Å². The minimum atomic E-state index is -0.289. The summed E-state index contributed by atoms with van der Waals surface area (Å²) < 4.78 is 16.6. The van der Waals surface area contributed by atoms with Crippen molar-refractivity contribution in [1.82, 2.24) is 10.2 Å². The van der Waals surface area contributed by atoms with Crippen LogP contribution in [0.25, 0.3) is 0 Å². The first-order chi connectivity index (χ1) is 12.7. The molecule has 3 aromatic rings. The molecule has 0 bridgehead atoms. The molecular weight excluding hydrogens is 334 g/mol. The molecule has 1 amide bonds. The third-order valence-corrected chi connectivity index (χ3v) is 3.93. The van der Waals surface area contributed by atoms with Crippen LogP contribution < -0.4 is 14.8 Å². The highest BCUT2D eigenvalue weighted by atomic mass is 16.6. The smallest absolute Gasteiger partial charge is 0.322 e. The molecule has 7 heteroatoms. The Morgan fingerprint density at radius 2 is 1.92 bits per heavy atom. The average Bonchev–Trinajstić information content (AvgIpc) is 3.08. The molecular formula is C19H17N3O4. The number of rotatable bonds is 4. The van der Waals surface area contributed by atoms with Gasteiger partial charge in [0.2, 0.25) is 5.89 Å². The van der Waals surface area contributed by atoms with Crippen LogP contribution >= 0.6 is 0 Å². The van der Waals surface area contributed by atoms with Crippen LogP contribution in [0.2, 0.25) is 0 Å². The lowest BCUT2D eigenvalue weighted by Crippen LogP contribution is -2.15. The molecule has 2 heterocycles. The van der Waals surface area contributed by atoms with Crippen LogP contribution in [0.3, 0.4) is 0 Å². The number of nitrogens with zero attached hydrogens (tertiary/aromatic N) is 2. The van der Waals surface area contributed by atoms with Gasteiger partial charge < -0.3 is 13.9 Å². The van der Waals surface area contributed by atoms with Crippen molar-refractivity contribution in [2.45, 2.75) is 13.3 Å². The van der Waals surface area contributed by atoms with Crippen molar-refractivity contribution in [3.63, 3.8) is 0 Å². The van der Waals surface area contributed by atoms with E-state index in [9.17, 15) is 4.79 Å². The molecule has 132 valence electrons. The van der Waals surface area contributed by atoms with Gasteiger partial charge in [-0.15, -0.1) is 5.10 Å². The molecule has 0 radical (unpaired) electrons. The fourth-order valence-corrected chi connectivity index (χ4v) is 2.70. The van der Waals surface area contributed by atoms with Crippen molar-refractivity contribution in [2.75, 3.05) is 18.5 Å². The zero-order valence-electron chi connectivity index (χ0n) is 14.2. The number of benzene rings is 2.